The van der Waals surface area contributed by atoms with Crippen LogP contribution in [0.3, 0.4) is 0 Å². The number of carbonyl (C=O) groups is 1. The second kappa shape index (κ2) is 10.4. The Morgan fingerprint density at radius 1 is 1.00 bits per heavy atom. The zero-order chi connectivity index (χ0) is 18.8. The molecule has 0 aliphatic heterocycles. The van der Waals surface area contributed by atoms with E-state index < -0.39 is 0 Å². The number of carbonyl (C=O) groups excluding carboxylic acids is 1. The number of benzene rings is 2. The van der Waals surface area contributed by atoms with Gasteiger partial charge in [0.2, 0.25) is 5.91 Å². The molecular weight excluding hydrogens is 314 g/mol. The van der Waals surface area contributed by atoms with E-state index in [0.717, 1.165) is 40.4 Å². The lowest BCUT2D eigenvalue weighted by Crippen LogP contribution is -2.17. The maximum atomic E-state index is 11.4. The maximum absolute atomic E-state index is 11.4. The van der Waals surface area contributed by atoms with Crippen LogP contribution >= 0.6 is 0 Å². The Hall–Kier alpha value is -2.49. The van der Waals surface area contributed by atoms with Crippen LogP contribution in [-0.2, 0) is 11.2 Å². The number of nitrogens with one attached hydrogen (secondary N) is 1. The molecule has 1 N–H and O–H groups in total. The van der Waals surface area contributed by atoms with Crippen molar-refractivity contribution in [3.8, 4) is 17.2 Å². The van der Waals surface area contributed by atoms with Crippen molar-refractivity contribution in [2.75, 3.05) is 14.2 Å². The number of methoxy groups -OCH3 is 1. The van der Waals surface area contributed by atoms with Gasteiger partial charge < -0.3 is 14.8 Å². The van der Waals surface area contributed by atoms with Gasteiger partial charge in [-0.3, -0.25) is 4.79 Å². The molecule has 2 aromatic carbocycles. The second-order valence-electron chi connectivity index (χ2n) is 5.51. The fourth-order valence-electron chi connectivity index (χ4n) is 2.49. The van der Waals surface area contributed by atoms with Crippen molar-refractivity contribution in [2.24, 2.45) is 0 Å². The van der Waals surface area contributed by atoms with E-state index in [2.05, 4.69) is 17.4 Å². The van der Waals surface area contributed by atoms with Gasteiger partial charge in [-0.1, -0.05) is 26.0 Å². The average molecular weight is 343 g/mol. The summed E-state index contributed by atoms with van der Waals surface area (Å²) < 4.78 is 11.2. The Morgan fingerprint density at radius 2 is 1.52 bits per heavy atom. The molecule has 0 radical (unpaired) electrons. The molecule has 25 heavy (non-hydrogen) atoms. The number of hydrogen-bond acceptors (Lipinski definition) is 3. The average Bonchev–Trinajstić information content (AvgIpc) is 2.64. The van der Waals surface area contributed by atoms with E-state index in [9.17, 15) is 4.79 Å². The van der Waals surface area contributed by atoms with E-state index in [1.54, 1.807) is 14.2 Å². The van der Waals surface area contributed by atoms with Gasteiger partial charge in [-0.2, -0.15) is 0 Å². The topological polar surface area (TPSA) is 47.6 Å². The maximum Gasteiger partial charge on any atom is 0.220 e. The summed E-state index contributed by atoms with van der Waals surface area (Å²) in [5.74, 6) is 2.49. The normalized spacial score (nSPS) is 9.68. The molecule has 0 aliphatic rings. The van der Waals surface area contributed by atoms with Crippen molar-refractivity contribution >= 4 is 5.91 Å². The fourth-order valence-corrected chi connectivity index (χ4v) is 2.49. The summed E-state index contributed by atoms with van der Waals surface area (Å²) in [4.78, 5) is 11.4. The van der Waals surface area contributed by atoms with Gasteiger partial charge in [0.05, 0.1) is 7.11 Å². The van der Waals surface area contributed by atoms with Crippen LogP contribution in [0.2, 0.25) is 0 Å². The van der Waals surface area contributed by atoms with Gasteiger partial charge in [0.1, 0.15) is 17.2 Å². The molecule has 0 aliphatic carbocycles. The minimum absolute atomic E-state index is 0.0545. The lowest BCUT2D eigenvalue weighted by Gasteiger charge is -2.14. The Morgan fingerprint density at radius 3 is 2.00 bits per heavy atom. The van der Waals surface area contributed by atoms with E-state index in [1.807, 2.05) is 52.0 Å². The van der Waals surface area contributed by atoms with E-state index in [-0.39, 0.29) is 5.91 Å². The van der Waals surface area contributed by atoms with E-state index >= 15 is 0 Å². The predicted octanol–water partition coefficient (Wildman–Crippen LogP) is 4.81. The summed E-state index contributed by atoms with van der Waals surface area (Å²) in [5.41, 5.74) is 3.27. The minimum atomic E-state index is 0.0545. The quantitative estimate of drug-likeness (QED) is 0.819. The molecule has 0 heterocycles. The van der Waals surface area contributed by atoms with Crippen LogP contribution in [0.5, 0.6) is 17.2 Å². The predicted molar refractivity (Wildman–Crippen MR) is 103 cm³/mol. The third kappa shape index (κ3) is 6.14. The molecule has 0 fully saturated rings. The first-order chi connectivity index (χ1) is 12.0. The second-order valence-corrected chi connectivity index (χ2v) is 5.51. The Kier molecular flexibility index (Phi) is 8.54. The molecule has 4 heteroatoms. The summed E-state index contributed by atoms with van der Waals surface area (Å²) in [6, 6.07) is 11.7. The number of rotatable bonds is 6. The van der Waals surface area contributed by atoms with Gasteiger partial charge in [-0.25, -0.2) is 0 Å². The Bertz CT molecular complexity index is 655. The molecule has 0 bridgehead atoms. The van der Waals surface area contributed by atoms with Gasteiger partial charge in [-0.05, 0) is 61.2 Å². The minimum Gasteiger partial charge on any atom is -0.497 e. The van der Waals surface area contributed by atoms with E-state index in [1.165, 1.54) is 0 Å². The lowest BCUT2D eigenvalue weighted by atomic mass is 10.0. The van der Waals surface area contributed by atoms with Crippen LogP contribution in [0.15, 0.2) is 36.4 Å². The first-order valence-electron chi connectivity index (χ1n) is 8.66. The Balaban J connectivity index is 0.00000151. The highest BCUT2D eigenvalue weighted by Crippen LogP contribution is 2.31. The van der Waals surface area contributed by atoms with Gasteiger partial charge >= 0.3 is 0 Å². The van der Waals surface area contributed by atoms with Gasteiger partial charge in [-0.15, -0.1) is 0 Å². The molecule has 0 aromatic heterocycles. The summed E-state index contributed by atoms with van der Waals surface area (Å²) in [6.45, 7) is 8.05. The summed E-state index contributed by atoms with van der Waals surface area (Å²) >= 11 is 0. The zero-order valence-corrected chi connectivity index (χ0v) is 16.1. The molecule has 0 saturated heterocycles. The summed E-state index contributed by atoms with van der Waals surface area (Å²) in [5, 5.41) is 2.64. The van der Waals surface area contributed by atoms with Crippen molar-refractivity contribution in [3.63, 3.8) is 0 Å². The van der Waals surface area contributed by atoms with Crippen LogP contribution in [0.25, 0.3) is 0 Å². The van der Waals surface area contributed by atoms with Crippen LogP contribution in [-0.4, -0.2) is 20.1 Å². The monoisotopic (exact) mass is 343 g/mol. The van der Waals surface area contributed by atoms with E-state index in [0.29, 0.717) is 6.42 Å². The zero-order valence-electron chi connectivity index (χ0n) is 16.1. The van der Waals surface area contributed by atoms with Crippen molar-refractivity contribution in [1.29, 1.82) is 0 Å². The third-order valence-electron chi connectivity index (χ3n) is 3.72. The first kappa shape index (κ1) is 20.6. The number of ether oxygens (including phenoxy) is 2. The fraction of sp³-hybridized carbons (Fsp3) is 0.381. The number of hydrogen-bond donors (Lipinski definition) is 1. The SMILES string of the molecule is CC.CNC(=O)CCc1cc(C)c(Oc2ccc(OC)cc2)c(C)c1. The largest absolute Gasteiger partial charge is 0.497 e. The molecule has 2 aromatic rings. The summed E-state index contributed by atoms with van der Waals surface area (Å²) in [6.07, 6.45) is 1.22. The number of aryl methyl sites for hydroxylation is 3. The summed E-state index contributed by atoms with van der Waals surface area (Å²) in [7, 11) is 3.30. The molecule has 0 atom stereocenters. The lowest BCUT2D eigenvalue weighted by molar-refractivity contribution is -0.120. The molecule has 4 nitrogen and oxygen atoms in total. The smallest absolute Gasteiger partial charge is 0.220 e. The van der Waals surface area contributed by atoms with Gasteiger partial charge in [0.15, 0.2) is 0 Å². The molecule has 1 amide bonds. The third-order valence-corrected chi connectivity index (χ3v) is 3.72. The number of amides is 1. The van der Waals surface area contributed by atoms with Crippen LogP contribution < -0.4 is 14.8 Å². The van der Waals surface area contributed by atoms with Gasteiger partial charge in [0, 0.05) is 13.5 Å². The molecule has 0 spiro atoms. The Labute approximate surface area is 151 Å². The molecule has 0 saturated carbocycles. The van der Waals surface area contributed by atoms with Gasteiger partial charge in [0.25, 0.3) is 0 Å². The van der Waals surface area contributed by atoms with Crippen molar-refractivity contribution in [3.05, 3.63) is 53.1 Å². The van der Waals surface area contributed by atoms with E-state index in [4.69, 9.17) is 9.47 Å². The molecule has 2 rings (SSSR count). The highest BCUT2D eigenvalue weighted by molar-refractivity contribution is 5.75. The van der Waals surface area contributed by atoms with Crippen LogP contribution in [0, 0.1) is 13.8 Å². The first-order valence-corrected chi connectivity index (χ1v) is 8.66. The molecule has 136 valence electrons. The van der Waals surface area contributed by atoms with Crippen molar-refractivity contribution in [2.45, 2.75) is 40.5 Å². The van der Waals surface area contributed by atoms with Crippen LogP contribution in [0.1, 0.15) is 37.0 Å². The van der Waals surface area contributed by atoms with Crippen molar-refractivity contribution in [1.82, 2.24) is 5.32 Å². The highest BCUT2D eigenvalue weighted by Gasteiger charge is 2.09. The highest BCUT2D eigenvalue weighted by atomic mass is 16.5. The standard InChI is InChI=1S/C19H23NO3.C2H6/c1-13-11-15(5-10-18(21)20-3)12-14(2)19(13)23-17-8-6-16(22-4)7-9-17;1-2/h6-9,11-12H,5,10H2,1-4H3,(H,20,21);1-2H3. The van der Waals surface area contributed by atoms with Crippen molar-refractivity contribution < 1.29 is 14.3 Å². The molecule has 0 unspecified atom stereocenters. The van der Waals surface area contributed by atoms with Crippen LogP contribution in [0.4, 0.5) is 0 Å². The molecular formula is C21H29NO3.